The van der Waals surface area contributed by atoms with E-state index < -0.39 is 0 Å². The molecule has 22 heavy (non-hydrogen) atoms. The molecule has 0 saturated carbocycles. The van der Waals surface area contributed by atoms with Crippen molar-refractivity contribution in [3.05, 3.63) is 17.5 Å². The second-order valence-electron chi connectivity index (χ2n) is 5.88. The Balaban J connectivity index is 2.27. The first-order chi connectivity index (χ1) is 10.6. The average Bonchev–Trinajstić information content (AvgIpc) is 2.97. The van der Waals surface area contributed by atoms with Gasteiger partial charge in [0.25, 0.3) is 0 Å². The summed E-state index contributed by atoms with van der Waals surface area (Å²) >= 11 is 0. The lowest BCUT2D eigenvalue weighted by Crippen LogP contribution is -2.40. The molecular formula is C16H31N5O. The fraction of sp³-hybridized carbons (Fsp3) is 0.750. The van der Waals surface area contributed by atoms with Crippen LogP contribution in [0.4, 0.5) is 0 Å². The molecule has 0 aliphatic carbocycles. The van der Waals surface area contributed by atoms with E-state index in [1.54, 1.807) is 7.05 Å². The van der Waals surface area contributed by atoms with Gasteiger partial charge in [-0.25, -0.2) is 0 Å². The summed E-state index contributed by atoms with van der Waals surface area (Å²) in [5.74, 6) is 1.99. The molecule has 0 bridgehead atoms. The maximum atomic E-state index is 5.30. The Kier molecular flexibility index (Phi) is 8.58. The van der Waals surface area contributed by atoms with Crippen LogP contribution in [0.25, 0.3) is 0 Å². The summed E-state index contributed by atoms with van der Waals surface area (Å²) in [4.78, 5) is 6.55. The smallest absolute Gasteiger partial charge is 0.191 e. The van der Waals surface area contributed by atoms with Crippen molar-refractivity contribution in [2.45, 2.75) is 46.1 Å². The van der Waals surface area contributed by atoms with Gasteiger partial charge in [-0.3, -0.25) is 4.99 Å². The van der Waals surface area contributed by atoms with Gasteiger partial charge in [0.15, 0.2) is 11.7 Å². The van der Waals surface area contributed by atoms with Gasteiger partial charge < -0.3 is 20.1 Å². The lowest BCUT2D eigenvalue weighted by molar-refractivity contribution is 0.332. The Morgan fingerprint density at radius 2 is 2.14 bits per heavy atom. The van der Waals surface area contributed by atoms with Gasteiger partial charge in [0.2, 0.25) is 0 Å². The molecule has 0 spiro atoms. The quantitative estimate of drug-likeness (QED) is 0.541. The van der Waals surface area contributed by atoms with Gasteiger partial charge in [0.1, 0.15) is 0 Å². The Morgan fingerprint density at radius 3 is 2.73 bits per heavy atom. The third-order valence-corrected chi connectivity index (χ3v) is 3.50. The predicted molar refractivity (Wildman–Crippen MR) is 91.2 cm³/mol. The number of hydrogen-bond donors (Lipinski definition) is 2. The van der Waals surface area contributed by atoms with Crippen LogP contribution >= 0.6 is 0 Å². The Hall–Kier alpha value is -1.56. The molecule has 1 aromatic heterocycles. The SMILES string of the molecule is CCCCN(C)CCNC(=NC)NCc1cc(C(C)C)no1. The van der Waals surface area contributed by atoms with E-state index in [9.17, 15) is 0 Å². The summed E-state index contributed by atoms with van der Waals surface area (Å²) in [6, 6.07) is 1.99. The average molecular weight is 309 g/mol. The van der Waals surface area contributed by atoms with Crippen molar-refractivity contribution in [3.63, 3.8) is 0 Å². The van der Waals surface area contributed by atoms with Crippen molar-refractivity contribution in [1.82, 2.24) is 20.7 Å². The van der Waals surface area contributed by atoms with E-state index >= 15 is 0 Å². The summed E-state index contributed by atoms with van der Waals surface area (Å²) < 4.78 is 5.30. The number of guanidine groups is 1. The summed E-state index contributed by atoms with van der Waals surface area (Å²) in [5.41, 5.74) is 0.984. The third-order valence-electron chi connectivity index (χ3n) is 3.50. The molecule has 0 aromatic carbocycles. The standard InChI is InChI=1S/C16H31N5O/c1-6-7-9-21(5)10-8-18-16(17-4)19-12-14-11-15(13(2)3)20-22-14/h11,13H,6-10,12H2,1-5H3,(H2,17,18,19). The zero-order valence-corrected chi connectivity index (χ0v) is 14.6. The highest BCUT2D eigenvalue weighted by atomic mass is 16.5. The molecule has 6 heteroatoms. The number of aromatic nitrogens is 1. The highest BCUT2D eigenvalue weighted by Gasteiger charge is 2.08. The highest BCUT2D eigenvalue weighted by molar-refractivity contribution is 5.79. The summed E-state index contributed by atoms with van der Waals surface area (Å²) in [5, 5.41) is 10.6. The minimum absolute atomic E-state index is 0.383. The van der Waals surface area contributed by atoms with Gasteiger partial charge in [-0.15, -0.1) is 0 Å². The van der Waals surface area contributed by atoms with Gasteiger partial charge >= 0.3 is 0 Å². The summed E-state index contributed by atoms with van der Waals surface area (Å²) in [7, 11) is 3.92. The van der Waals surface area contributed by atoms with Crippen LogP contribution in [0.3, 0.4) is 0 Å². The lowest BCUT2D eigenvalue weighted by atomic mass is 10.1. The minimum Gasteiger partial charge on any atom is -0.359 e. The van der Waals surface area contributed by atoms with Gasteiger partial charge in [-0.2, -0.15) is 0 Å². The minimum atomic E-state index is 0.383. The molecule has 1 rings (SSSR count). The van der Waals surface area contributed by atoms with Crippen LogP contribution in [0.15, 0.2) is 15.6 Å². The van der Waals surface area contributed by atoms with Crippen LogP contribution in [-0.2, 0) is 6.54 Å². The maximum absolute atomic E-state index is 5.30. The van der Waals surface area contributed by atoms with Crippen LogP contribution in [0.5, 0.6) is 0 Å². The van der Waals surface area contributed by atoms with Gasteiger partial charge in [-0.1, -0.05) is 32.3 Å². The molecule has 0 unspecified atom stereocenters. The van der Waals surface area contributed by atoms with E-state index in [-0.39, 0.29) is 0 Å². The molecule has 0 saturated heterocycles. The lowest BCUT2D eigenvalue weighted by Gasteiger charge is -2.17. The highest BCUT2D eigenvalue weighted by Crippen LogP contribution is 2.13. The zero-order valence-electron chi connectivity index (χ0n) is 14.6. The van der Waals surface area contributed by atoms with Crippen LogP contribution in [0, 0.1) is 0 Å². The Labute approximate surface area is 134 Å². The first-order valence-corrected chi connectivity index (χ1v) is 8.15. The van der Waals surface area contributed by atoms with Crippen LogP contribution in [0.1, 0.15) is 51.0 Å². The van der Waals surface area contributed by atoms with Gasteiger partial charge in [-0.05, 0) is 25.9 Å². The Morgan fingerprint density at radius 1 is 1.36 bits per heavy atom. The predicted octanol–water partition coefficient (Wildman–Crippen LogP) is 2.19. The largest absolute Gasteiger partial charge is 0.359 e. The molecule has 0 amide bonds. The topological polar surface area (TPSA) is 65.7 Å². The van der Waals surface area contributed by atoms with Crippen LogP contribution in [-0.4, -0.2) is 49.7 Å². The second kappa shape index (κ2) is 10.2. The van der Waals surface area contributed by atoms with E-state index in [1.165, 1.54) is 12.8 Å². The van der Waals surface area contributed by atoms with Crippen molar-refractivity contribution < 1.29 is 4.52 Å². The number of hydrogen-bond acceptors (Lipinski definition) is 4. The molecule has 6 nitrogen and oxygen atoms in total. The van der Waals surface area contributed by atoms with E-state index in [0.29, 0.717) is 12.5 Å². The van der Waals surface area contributed by atoms with Gasteiger partial charge in [0.05, 0.1) is 12.2 Å². The maximum Gasteiger partial charge on any atom is 0.191 e. The normalized spacial score (nSPS) is 12.2. The first-order valence-electron chi connectivity index (χ1n) is 8.15. The molecular weight excluding hydrogens is 278 g/mol. The van der Waals surface area contributed by atoms with E-state index in [4.69, 9.17) is 4.52 Å². The monoisotopic (exact) mass is 309 g/mol. The summed E-state index contributed by atoms with van der Waals surface area (Å²) in [6.07, 6.45) is 2.48. The van der Waals surface area contributed by atoms with Crippen LogP contribution < -0.4 is 10.6 Å². The molecule has 0 radical (unpaired) electrons. The van der Waals surface area contributed by atoms with E-state index in [1.807, 2.05) is 6.07 Å². The molecule has 2 N–H and O–H groups in total. The fourth-order valence-corrected chi connectivity index (χ4v) is 1.98. The number of rotatable bonds is 9. The van der Waals surface area contributed by atoms with E-state index in [0.717, 1.165) is 37.0 Å². The molecule has 0 atom stereocenters. The van der Waals surface area contributed by atoms with E-state index in [2.05, 4.69) is 53.5 Å². The zero-order chi connectivity index (χ0) is 16.4. The van der Waals surface area contributed by atoms with Crippen molar-refractivity contribution in [2.24, 2.45) is 4.99 Å². The Bertz CT molecular complexity index is 441. The van der Waals surface area contributed by atoms with Crippen LogP contribution in [0.2, 0.25) is 0 Å². The molecule has 126 valence electrons. The fourth-order valence-electron chi connectivity index (χ4n) is 1.98. The van der Waals surface area contributed by atoms with Crippen molar-refractivity contribution >= 4 is 5.96 Å². The molecule has 1 heterocycles. The molecule has 1 aromatic rings. The second-order valence-corrected chi connectivity index (χ2v) is 5.88. The first kappa shape index (κ1) is 18.5. The van der Waals surface area contributed by atoms with Crippen molar-refractivity contribution in [1.29, 1.82) is 0 Å². The van der Waals surface area contributed by atoms with Crippen molar-refractivity contribution in [3.8, 4) is 0 Å². The number of nitrogens with zero attached hydrogens (tertiary/aromatic N) is 3. The number of aliphatic imine (C=N–C) groups is 1. The molecule has 0 aliphatic rings. The number of unbranched alkanes of at least 4 members (excludes halogenated alkanes) is 1. The molecule has 0 fully saturated rings. The number of likely N-dealkylation sites (N-methyl/N-ethyl adjacent to an activating group) is 1. The third kappa shape index (κ3) is 6.93. The van der Waals surface area contributed by atoms with Gasteiger partial charge in [0, 0.05) is 26.2 Å². The molecule has 0 aliphatic heterocycles. The summed E-state index contributed by atoms with van der Waals surface area (Å²) in [6.45, 7) is 10.0. The van der Waals surface area contributed by atoms with Crippen molar-refractivity contribution in [2.75, 3.05) is 33.7 Å². The number of nitrogens with one attached hydrogen (secondary N) is 2.